The summed E-state index contributed by atoms with van der Waals surface area (Å²) in [6.45, 7) is 8.54. The van der Waals surface area contributed by atoms with Crippen molar-refractivity contribution in [2.24, 2.45) is 0 Å². The fraction of sp³-hybridized carbons (Fsp3) is 1.00. The Labute approximate surface area is 67.0 Å². The fourth-order valence-corrected chi connectivity index (χ4v) is 0.479. The lowest BCUT2D eigenvalue weighted by Crippen LogP contribution is -2.13. The van der Waals surface area contributed by atoms with Crippen LogP contribution in [-0.2, 0) is 0 Å². The second-order valence-corrected chi connectivity index (χ2v) is 2.12. The molecule has 0 aromatic rings. The summed E-state index contributed by atoms with van der Waals surface area (Å²) in [5.74, 6) is 0. The van der Waals surface area contributed by atoms with Gasteiger partial charge in [0.05, 0.1) is 7.85 Å². The Balaban J connectivity index is 0. The molecule has 0 atom stereocenters. The molecule has 1 nitrogen and oxygen atoms in total. The Morgan fingerprint density at radius 3 is 2.00 bits per heavy atom. The average Bonchev–Trinajstić information content (AvgIpc) is 1.91. The quantitative estimate of drug-likeness (QED) is 0.466. The van der Waals surface area contributed by atoms with Crippen LogP contribution in [0.15, 0.2) is 0 Å². The Morgan fingerprint density at radius 2 is 1.70 bits per heavy atom. The Kier molecular flexibility index (Phi) is 20.3. The lowest BCUT2D eigenvalue weighted by atomic mass is 10.1. The third kappa shape index (κ3) is 24.4. The van der Waals surface area contributed by atoms with Crippen molar-refractivity contribution in [2.75, 3.05) is 13.1 Å². The van der Waals surface area contributed by atoms with E-state index in [1.165, 1.54) is 19.4 Å². The van der Waals surface area contributed by atoms with E-state index in [9.17, 15) is 0 Å². The van der Waals surface area contributed by atoms with E-state index in [1.54, 1.807) is 0 Å². The van der Waals surface area contributed by atoms with Gasteiger partial charge in [-0.05, 0) is 19.5 Å². The molecule has 0 unspecified atom stereocenters. The Hall–Kier alpha value is 0.0249. The summed E-state index contributed by atoms with van der Waals surface area (Å²) in [5, 5.41) is 3.25. The summed E-state index contributed by atoms with van der Waals surface area (Å²) in [7, 11) is 4.85. The molecular weight excluding hydrogens is 121 g/mol. The second-order valence-electron chi connectivity index (χ2n) is 2.12. The van der Waals surface area contributed by atoms with Crippen LogP contribution >= 0.6 is 0 Å². The van der Waals surface area contributed by atoms with Gasteiger partial charge in [0.1, 0.15) is 0 Å². The van der Waals surface area contributed by atoms with Crippen LogP contribution in [0.3, 0.4) is 0 Å². The molecule has 60 valence electrons. The number of hydrogen-bond acceptors (Lipinski definition) is 1. The third-order valence-electron chi connectivity index (χ3n) is 0.957. The van der Waals surface area contributed by atoms with E-state index in [0.717, 1.165) is 12.9 Å². The highest BCUT2D eigenvalue weighted by Crippen LogP contribution is 1.80. The standard InChI is InChI=1S/C6H15N.C2H5B/c1-3-5-6-7-4-2;1-2-3/h7H,3-6H2,1-2H3;2H2,1H3. The van der Waals surface area contributed by atoms with Gasteiger partial charge in [-0.1, -0.05) is 33.5 Å². The predicted octanol–water partition coefficient (Wildman–Crippen LogP) is 1.99. The van der Waals surface area contributed by atoms with Gasteiger partial charge >= 0.3 is 0 Å². The lowest BCUT2D eigenvalue weighted by Gasteiger charge is -1.95. The fourth-order valence-electron chi connectivity index (χ4n) is 0.479. The Bertz CT molecular complexity index is 36.2. The van der Waals surface area contributed by atoms with Crippen LogP contribution in [0.25, 0.3) is 0 Å². The minimum Gasteiger partial charge on any atom is -0.317 e. The van der Waals surface area contributed by atoms with Crippen molar-refractivity contribution >= 4 is 7.85 Å². The molecule has 0 spiro atoms. The van der Waals surface area contributed by atoms with E-state index < -0.39 is 0 Å². The minimum absolute atomic E-state index is 0.750. The van der Waals surface area contributed by atoms with Gasteiger partial charge in [0, 0.05) is 0 Å². The molecule has 2 heteroatoms. The van der Waals surface area contributed by atoms with Crippen LogP contribution in [0.4, 0.5) is 0 Å². The molecule has 0 bridgehead atoms. The van der Waals surface area contributed by atoms with Crippen LogP contribution in [0.2, 0.25) is 6.32 Å². The van der Waals surface area contributed by atoms with Gasteiger partial charge in [-0.25, -0.2) is 0 Å². The number of rotatable bonds is 4. The van der Waals surface area contributed by atoms with Crippen molar-refractivity contribution < 1.29 is 0 Å². The van der Waals surface area contributed by atoms with E-state index in [4.69, 9.17) is 7.85 Å². The molecule has 0 amide bonds. The molecule has 0 heterocycles. The summed E-state index contributed by atoms with van der Waals surface area (Å²) < 4.78 is 0. The molecule has 2 radical (unpaired) electrons. The Morgan fingerprint density at radius 1 is 1.20 bits per heavy atom. The highest BCUT2D eigenvalue weighted by molar-refractivity contribution is 6.08. The lowest BCUT2D eigenvalue weighted by molar-refractivity contribution is 0.663. The maximum Gasteiger partial charge on any atom is 0.0649 e. The molecule has 10 heavy (non-hydrogen) atoms. The SMILES string of the molecule is CCCCNCC.[B]CC. The zero-order valence-corrected chi connectivity index (χ0v) is 7.61. The zero-order valence-electron chi connectivity index (χ0n) is 7.61. The summed E-state index contributed by atoms with van der Waals surface area (Å²) >= 11 is 0. The summed E-state index contributed by atoms with van der Waals surface area (Å²) in [6, 6.07) is 0. The molecule has 0 aromatic heterocycles. The second kappa shape index (κ2) is 16.0. The number of unbranched alkanes of at least 4 members (excludes halogenated alkanes) is 1. The summed E-state index contributed by atoms with van der Waals surface area (Å²) in [5.41, 5.74) is 0. The van der Waals surface area contributed by atoms with Crippen molar-refractivity contribution in [3.63, 3.8) is 0 Å². The normalized spacial score (nSPS) is 8.30. The van der Waals surface area contributed by atoms with E-state index in [2.05, 4.69) is 19.2 Å². The summed E-state index contributed by atoms with van der Waals surface area (Å²) in [4.78, 5) is 0. The van der Waals surface area contributed by atoms with Gasteiger partial charge in [0.25, 0.3) is 0 Å². The monoisotopic (exact) mass is 141 g/mol. The van der Waals surface area contributed by atoms with Crippen LogP contribution in [-0.4, -0.2) is 20.9 Å². The van der Waals surface area contributed by atoms with Gasteiger partial charge in [0.15, 0.2) is 0 Å². The van der Waals surface area contributed by atoms with Gasteiger partial charge < -0.3 is 5.32 Å². The third-order valence-corrected chi connectivity index (χ3v) is 0.957. The molecule has 0 aliphatic carbocycles. The molecular formula is C8H20BN. The van der Waals surface area contributed by atoms with E-state index in [1.807, 2.05) is 6.92 Å². The topological polar surface area (TPSA) is 12.0 Å². The molecule has 0 aliphatic heterocycles. The average molecular weight is 141 g/mol. The van der Waals surface area contributed by atoms with Gasteiger partial charge in [-0.2, -0.15) is 0 Å². The maximum atomic E-state index is 4.85. The number of nitrogens with one attached hydrogen (secondary N) is 1. The minimum atomic E-state index is 0.750. The largest absolute Gasteiger partial charge is 0.317 e. The van der Waals surface area contributed by atoms with Crippen molar-refractivity contribution in [3.05, 3.63) is 0 Å². The van der Waals surface area contributed by atoms with Crippen LogP contribution in [0, 0.1) is 0 Å². The first-order valence-electron chi connectivity index (χ1n) is 4.24. The van der Waals surface area contributed by atoms with Crippen LogP contribution in [0.5, 0.6) is 0 Å². The van der Waals surface area contributed by atoms with Gasteiger partial charge in [-0.15, -0.1) is 0 Å². The van der Waals surface area contributed by atoms with Crippen molar-refractivity contribution in [2.45, 2.75) is 39.9 Å². The molecule has 1 N–H and O–H groups in total. The van der Waals surface area contributed by atoms with Crippen LogP contribution < -0.4 is 5.32 Å². The highest BCUT2D eigenvalue weighted by Gasteiger charge is 1.77. The smallest absolute Gasteiger partial charge is 0.0649 e. The summed E-state index contributed by atoms with van der Waals surface area (Å²) in [6.07, 6.45) is 3.36. The molecule has 0 saturated heterocycles. The number of hydrogen-bond donors (Lipinski definition) is 1. The van der Waals surface area contributed by atoms with Gasteiger partial charge in [-0.3, -0.25) is 0 Å². The zero-order chi connectivity index (χ0) is 8.24. The molecule has 0 saturated carbocycles. The van der Waals surface area contributed by atoms with E-state index in [0.29, 0.717) is 0 Å². The van der Waals surface area contributed by atoms with Crippen molar-refractivity contribution in [1.29, 1.82) is 0 Å². The van der Waals surface area contributed by atoms with E-state index in [-0.39, 0.29) is 0 Å². The predicted molar refractivity (Wildman–Crippen MR) is 49.7 cm³/mol. The highest BCUT2D eigenvalue weighted by atomic mass is 14.8. The van der Waals surface area contributed by atoms with Crippen molar-refractivity contribution in [3.8, 4) is 0 Å². The van der Waals surface area contributed by atoms with Gasteiger partial charge in [0.2, 0.25) is 0 Å². The van der Waals surface area contributed by atoms with E-state index >= 15 is 0 Å². The maximum absolute atomic E-state index is 4.85. The first-order valence-corrected chi connectivity index (χ1v) is 4.24. The molecule has 0 fully saturated rings. The molecule has 0 aromatic carbocycles. The van der Waals surface area contributed by atoms with Crippen LogP contribution in [0.1, 0.15) is 33.6 Å². The van der Waals surface area contributed by atoms with Crippen molar-refractivity contribution in [1.82, 2.24) is 5.32 Å². The molecule has 0 rings (SSSR count). The first kappa shape index (κ1) is 12.7. The molecule has 0 aliphatic rings. The first-order chi connectivity index (χ1) is 4.83.